The summed E-state index contributed by atoms with van der Waals surface area (Å²) >= 11 is 15.1. The van der Waals surface area contributed by atoms with E-state index >= 15 is 0 Å². The molecule has 8 heteroatoms. The van der Waals surface area contributed by atoms with Crippen LogP contribution in [0.25, 0.3) is 0 Å². The third kappa shape index (κ3) is 3.26. The molecule has 0 heterocycles. The average molecular weight is 325 g/mol. The Morgan fingerprint density at radius 3 is 2.31 bits per heavy atom. The molecule has 0 fully saturated rings. The molecule has 6 N–H and O–H groups in total. The van der Waals surface area contributed by atoms with E-state index in [4.69, 9.17) is 40.4 Å². The van der Waals surface area contributed by atoms with Gasteiger partial charge in [0.15, 0.2) is 5.96 Å². The van der Waals surface area contributed by atoms with Crippen LogP contribution in [0.1, 0.15) is 0 Å². The first-order chi connectivity index (χ1) is 7.41. The number of aliphatic imine (C=N–C) groups is 2. The Morgan fingerprint density at radius 2 is 1.75 bits per heavy atom. The van der Waals surface area contributed by atoms with E-state index in [0.717, 1.165) is 0 Å². The Balaban J connectivity index is 3.17. The van der Waals surface area contributed by atoms with Crippen molar-refractivity contribution < 1.29 is 0 Å². The zero-order valence-electron chi connectivity index (χ0n) is 7.92. The number of hydrogen-bond acceptors (Lipinski definition) is 1. The standard InChI is InChI=1S/C8H8BrCl2N5/c9-3-1-2-4(6(11)5(3)10)15-8(14)16-7(12)13/h1-2H,(H6,12,13,14,15,16). The van der Waals surface area contributed by atoms with Crippen molar-refractivity contribution in [2.45, 2.75) is 0 Å². The van der Waals surface area contributed by atoms with Gasteiger partial charge >= 0.3 is 0 Å². The van der Waals surface area contributed by atoms with Crippen LogP contribution in [0.3, 0.4) is 0 Å². The summed E-state index contributed by atoms with van der Waals surface area (Å²) in [5.41, 5.74) is 16.1. The molecular formula is C8H8BrCl2N5. The van der Waals surface area contributed by atoms with Gasteiger partial charge in [0, 0.05) is 4.47 Å². The summed E-state index contributed by atoms with van der Waals surface area (Å²) in [6.45, 7) is 0. The van der Waals surface area contributed by atoms with Gasteiger partial charge in [-0.15, -0.1) is 0 Å². The number of hydrogen-bond donors (Lipinski definition) is 3. The Labute approximate surface area is 110 Å². The van der Waals surface area contributed by atoms with Crippen molar-refractivity contribution in [2.24, 2.45) is 27.2 Å². The molecule has 1 aromatic carbocycles. The molecule has 0 aliphatic carbocycles. The minimum absolute atomic E-state index is 0.0970. The Bertz CT molecular complexity index is 468. The van der Waals surface area contributed by atoms with Gasteiger partial charge in [0.2, 0.25) is 5.96 Å². The Kier molecular flexibility index (Phi) is 4.40. The lowest BCUT2D eigenvalue weighted by molar-refractivity contribution is 1.38. The summed E-state index contributed by atoms with van der Waals surface area (Å²) in [4.78, 5) is 7.46. The maximum absolute atomic E-state index is 5.94. The normalized spacial score (nSPS) is 11.3. The summed E-state index contributed by atoms with van der Waals surface area (Å²) < 4.78 is 0.665. The second-order valence-electron chi connectivity index (χ2n) is 2.70. The quantitative estimate of drug-likeness (QED) is 0.418. The molecule has 0 aliphatic heterocycles. The number of nitrogens with zero attached hydrogens (tertiary/aromatic N) is 2. The van der Waals surface area contributed by atoms with Crippen LogP contribution in [-0.4, -0.2) is 11.9 Å². The Morgan fingerprint density at radius 1 is 1.12 bits per heavy atom. The molecule has 5 nitrogen and oxygen atoms in total. The van der Waals surface area contributed by atoms with Gasteiger partial charge in [-0.1, -0.05) is 23.2 Å². The van der Waals surface area contributed by atoms with Crippen molar-refractivity contribution in [3.05, 3.63) is 26.7 Å². The molecule has 0 unspecified atom stereocenters. The van der Waals surface area contributed by atoms with Gasteiger partial charge in [0.25, 0.3) is 0 Å². The van der Waals surface area contributed by atoms with Gasteiger partial charge in [-0.2, -0.15) is 4.99 Å². The van der Waals surface area contributed by atoms with Gasteiger partial charge in [-0.3, -0.25) is 0 Å². The zero-order chi connectivity index (χ0) is 12.3. The Hall–Kier alpha value is -0.980. The molecule has 0 atom stereocenters. The molecular weight excluding hydrogens is 317 g/mol. The fourth-order valence-corrected chi connectivity index (χ4v) is 1.69. The van der Waals surface area contributed by atoms with E-state index in [1.54, 1.807) is 12.1 Å². The number of rotatable bonds is 1. The predicted molar refractivity (Wildman–Crippen MR) is 71.3 cm³/mol. The molecule has 0 amide bonds. The van der Waals surface area contributed by atoms with E-state index in [1.807, 2.05) is 0 Å². The van der Waals surface area contributed by atoms with Crippen LogP contribution in [0, 0.1) is 0 Å². The van der Waals surface area contributed by atoms with E-state index in [9.17, 15) is 0 Å². The van der Waals surface area contributed by atoms with Crippen LogP contribution >= 0.6 is 39.1 Å². The number of guanidine groups is 2. The van der Waals surface area contributed by atoms with Crippen LogP contribution in [0.2, 0.25) is 10.0 Å². The highest BCUT2D eigenvalue weighted by molar-refractivity contribution is 9.10. The minimum atomic E-state index is -0.180. The highest BCUT2D eigenvalue weighted by Crippen LogP contribution is 2.37. The summed E-state index contributed by atoms with van der Waals surface area (Å²) in [5.74, 6) is -0.277. The molecule has 0 bridgehead atoms. The molecule has 86 valence electrons. The molecule has 0 saturated carbocycles. The first-order valence-electron chi connectivity index (χ1n) is 3.99. The van der Waals surface area contributed by atoms with Crippen molar-refractivity contribution in [3.8, 4) is 0 Å². The SMILES string of the molecule is NC(N)=NC(N)=Nc1ccc(Br)c(Cl)c1Cl. The van der Waals surface area contributed by atoms with Crippen LogP contribution < -0.4 is 17.2 Å². The number of halogens is 3. The second kappa shape index (κ2) is 5.38. The van der Waals surface area contributed by atoms with E-state index in [2.05, 4.69) is 25.9 Å². The van der Waals surface area contributed by atoms with Crippen LogP contribution in [0.5, 0.6) is 0 Å². The van der Waals surface area contributed by atoms with E-state index < -0.39 is 0 Å². The average Bonchev–Trinajstić information content (AvgIpc) is 2.18. The van der Waals surface area contributed by atoms with E-state index in [0.29, 0.717) is 15.2 Å². The highest BCUT2D eigenvalue weighted by Gasteiger charge is 2.07. The summed E-state index contributed by atoms with van der Waals surface area (Å²) in [6.07, 6.45) is 0. The smallest absolute Gasteiger partial charge is 0.223 e. The molecule has 16 heavy (non-hydrogen) atoms. The van der Waals surface area contributed by atoms with E-state index in [-0.39, 0.29) is 16.9 Å². The van der Waals surface area contributed by atoms with Gasteiger partial charge in [-0.05, 0) is 28.1 Å². The largest absolute Gasteiger partial charge is 0.370 e. The van der Waals surface area contributed by atoms with Crippen molar-refractivity contribution in [2.75, 3.05) is 0 Å². The first kappa shape index (κ1) is 13.1. The van der Waals surface area contributed by atoms with Gasteiger partial charge < -0.3 is 17.2 Å². The van der Waals surface area contributed by atoms with Crippen LogP contribution in [-0.2, 0) is 0 Å². The first-order valence-corrected chi connectivity index (χ1v) is 5.54. The lowest BCUT2D eigenvalue weighted by Crippen LogP contribution is -2.26. The molecule has 0 aliphatic rings. The predicted octanol–water partition coefficient (Wildman–Crippen LogP) is 1.98. The molecule has 0 spiro atoms. The molecule has 1 rings (SSSR count). The van der Waals surface area contributed by atoms with Crippen LogP contribution in [0.4, 0.5) is 5.69 Å². The third-order valence-electron chi connectivity index (χ3n) is 1.49. The van der Waals surface area contributed by atoms with Crippen molar-refractivity contribution in [1.82, 2.24) is 0 Å². The lowest BCUT2D eigenvalue weighted by atomic mass is 10.3. The topological polar surface area (TPSA) is 103 Å². The fourth-order valence-electron chi connectivity index (χ4n) is 0.883. The monoisotopic (exact) mass is 323 g/mol. The van der Waals surface area contributed by atoms with Crippen molar-refractivity contribution >= 4 is 56.7 Å². The van der Waals surface area contributed by atoms with Crippen molar-refractivity contribution in [3.63, 3.8) is 0 Å². The van der Waals surface area contributed by atoms with Gasteiger partial charge in [0.05, 0.1) is 15.7 Å². The fraction of sp³-hybridized carbons (Fsp3) is 0. The lowest BCUT2D eigenvalue weighted by Gasteiger charge is -2.03. The second-order valence-corrected chi connectivity index (χ2v) is 4.31. The number of benzene rings is 1. The molecule has 1 aromatic rings. The van der Waals surface area contributed by atoms with E-state index in [1.165, 1.54) is 0 Å². The minimum Gasteiger partial charge on any atom is -0.370 e. The van der Waals surface area contributed by atoms with Gasteiger partial charge in [-0.25, -0.2) is 4.99 Å². The molecule has 0 radical (unpaired) electrons. The maximum Gasteiger partial charge on any atom is 0.223 e. The zero-order valence-corrected chi connectivity index (χ0v) is 11.0. The summed E-state index contributed by atoms with van der Waals surface area (Å²) in [6, 6.07) is 3.32. The molecule has 0 saturated heterocycles. The van der Waals surface area contributed by atoms with Crippen LogP contribution in [0.15, 0.2) is 26.6 Å². The van der Waals surface area contributed by atoms with Crippen molar-refractivity contribution in [1.29, 1.82) is 0 Å². The molecule has 0 aromatic heterocycles. The summed E-state index contributed by atoms with van der Waals surface area (Å²) in [7, 11) is 0. The maximum atomic E-state index is 5.94. The van der Waals surface area contributed by atoms with Gasteiger partial charge in [0.1, 0.15) is 0 Å². The highest BCUT2D eigenvalue weighted by atomic mass is 79.9. The summed E-state index contributed by atoms with van der Waals surface area (Å²) in [5, 5.41) is 0.616. The number of nitrogens with two attached hydrogens (primary N) is 3. The third-order valence-corrected chi connectivity index (χ3v) is 3.25.